The molecule has 0 spiro atoms. The lowest BCUT2D eigenvalue weighted by molar-refractivity contribution is -0.113. The van der Waals surface area contributed by atoms with E-state index in [0.717, 1.165) is 31.8 Å². The van der Waals surface area contributed by atoms with Gasteiger partial charge >= 0.3 is 0 Å². The molecule has 2 N–H and O–H groups in total. The first-order valence-corrected chi connectivity index (χ1v) is 14.2. The zero-order valence-electron chi connectivity index (χ0n) is 20.1. The fourth-order valence-corrected chi connectivity index (χ4v) is 6.21. The van der Waals surface area contributed by atoms with Crippen molar-refractivity contribution in [1.82, 2.24) is 15.2 Å². The molecule has 36 heavy (non-hydrogen) atoms. The van der Waals surface area contributed by atoms with Crippen LogP contribution in [0.2, 0.25) is 0 Å². The molecule has 0 saturated carbocycles. The highest BCUT2D eigenvalue weighted by Gasteiger charge is 2.11. The van der Waals surface area contributed by atoms with Crippen molar-refractivity contribution in [3.05, 3.63) is 77.9 Å². The predicted octanol–water partition coefficient (Wildman–Crippen LogP) is 7.72. The number of carbonyl (C=O) groups is 1. The number of fused-ring (bicyclic) bond motifs is 1. The number of amides is 1. The molecule has 0 aliphatic carbocycles. The number of hydrogen-bond donors (Lipinski definition) is 2. The molecule has 3 aromatic carbocycles. The summed E-state index contributed by atoms with van der Waals surface area (Å²) in [5.74, 6) is 0.671. The number of aryl methyl sites for hydroxylation is 1. The lowest BCUT2D eigenvalue weighted by Crippen LogP contribution is -2.13. The third-order valence-corrected chi connectivity index (χ3v) is 8.56. The molecule has 0 saturated heterocycles. The van der Waals surface area contributed by atoms with Crippen molar-refractivity contribution in [2.75, 3.05) is 16.4 Å². The number of rotatable bonds is 8. The molecule has 0 atom stereocenters. The molecule has 2 heterocycles. The Kier molecular flexibility index (Phi) is 7.31. The van der Waals surface area contributed by atoms with E-state index in [1.165, 1.54) is 38.9 Å². The highest BCUT2D eigenvalue weighted by molar-refractivity contribution is 8.01. The maximum absolute atomic E-state index is 12.5. The average molecular weight is 532 g/mol. The van der Waals surface area contributed by atoms with E-state index in [4.69, 9.17) is 4.98 Å². The fourth-order valence-electron chi connectivity index (χ4n) is 3.57. The quantitative estimate of drug-likeness (QED) is 0.200. The van der Waals surface area contributed by atoms with E-state index in [9.17, 15) is 4.79 Å². The Labute approximate surface area is 222 Å². The Hall–Kier alpha value is -3.27. The third-order valence-electron chi connectivity index (χ3n) is 5.52. The van der Waals surface area contributed by atoms with Crippen LogP contribution in [0, 0.1) is 6.92 Å². The van der Waals surface area contributed by atoms with E-state index in [0.29, 0.717) is 11.0 Å². The molecule has 2 aromatic heterocycles. The zero-order valence-corrected chi connectivity index (χ0v) is 22.6. The van der Waals surface area contributed by atoms with Gasteiger partial charge in [-0.05, 0) is 72.5 Å². The second kappa shape index (κ2) is 10.8. The highest BCUT2D eigenvalue weighted by Crippen LogP contribution is 2.32. The Bertz CT molecular complexity index is 1490. The van der Waals surface area contributed by atoms with Crippen molar-refractivity contribution in [3.8, 4) is 10.6 Å². The average Bonchev–Trinajstić information content (AvgIpc) is 3.50. The van der Waals surface area contributed by atoms with Gasteiger partial charge in [-0.15, -0.1) is 21.5 Å². The maximum atomic E-state index is 12.5. The second-order valence-corrected chi connectivity index (χ2v) is 11.9. The molecule has 0 aliphatic heterocycles. The Balaban J connectivity index is 1.13. The third kappa shape index (κ3) is 5.92. The van der Waals surface area contributed by atoms with Crippen LogP contribution in [0.15, 0.2) is 71.1 Å². The monoisotopic (exact) mass is 531 g/mol. The first-order valence-electron chi connectivity index (χ1n) is 11.5. The normalized spacial score (nSPS) is 11.2. The summed E-state index contributed by atoms with van der Waals surface area (Å²) in [6.07, 6.45) is 0. The molecular weight excluding hydrogens is 507 g/mol. The van der Waals surface area contributed by atoms with Gasteiger partial charge in [-0.1, -0.05) is 55.1 Å². The van der Waals surface area contributed by atoms with Gasteiger partial charge in [-0.3, -0.25) is 4.79 Å². The molecule has 5 rings (SSSR count). The number of thiazole rings is 1. The van der Waals surface area contributed by atoms with Crippen LogP contribution in [0.1, 0.15) is 30.9 Å². The number of thioether (sulfide) groups is 1. The summed E-state index contributed by atoms with van der Waals surface area (Å²) in [4.78, 5) is 17.2. The number of aromatic nitrogens is 3. The minimum Gasteiger partial charge on any atom is -0.330 e. The van der Waals surface area contributed by atoms with Crippen LogP contribution >= 0.6 is 34.4 Å². The fraction of sp³-hybridized carbons (Fsp3) is 0.185. The van der Waals surface area contributed by atoms with Gasteiger partial charge in [0.1, 0.15) is 5.01 Å². The van der Waals surface area contributed by atoms with Gasteiger partial charge in [-0.25, -0.2) is 4.98 Å². The molecule has 6 nitrogen and oxygen atoms in total. The van der Waals surface area contributed by atoms with E-state index in [2.05, 4.69) is 71.9 Å². The van der Waals surface area contributed by atoms with Crippen molar-refractivity contribution >= 4 is 67.1 Å². The summed E-state index contributed by atoms with van der Waals surface area (Å²) in [5, 5.41) is 16.3. The van der Waals surface area contributed by atoms with Crippen LogP contribution in [-0.2, 0) is 4.79 Å². The SMILES string of the molecule is Cc1ccc2nc(-c3ccc(NC(=O)CSc4nnc(Nc5ccc(C(C)C)cc5)s4)cc3)sc2c1. The van der Waals surface area contributed by atoms with Crippen LogP contribution < -0.4 is 10.6 Å². The molecular formula is C27H25N5OS3. The van der Waals surface area contributed by atoms with Gasteiger partial charge in [0.2, 0.25) is 11.0 Å². The second-order valence-electron chi connectivity index (χ2n) is 8.68. The summed E-state index contributed by atoms with van der Waals surface area (Å²) >= 11 is 4.48. The predicted molar refractivity (Wildman–Crippen MR) is 153 cm³/mol. The molecule has 0 radical (unpaired) electrons. The molecule has 5 aromatic rings. The van der Waals surface area contributed by atoms with Crippen molar-refractivity contribution in [2.24, 2.45) is 0 Å². The zero-order chi connectivity index (χ0) is 25.1. The number of anilines is 3. The molecule has 9 heteroatoms. The van der Waals surface area contributed by atoms with Crippen molar-refractivity contribution in [3.63, 3.8) is 0 Å². The molecule has 0 aliphatic rings. The number of benzene rings is 3. The van der Waals surface area contributed by atoms with Crippen LogP contribution in [0.3, 0.4) is 0 Å². The van der Waals surface area contributed by atoms with Gasteiger partial charge in [-0.2, -0.15) is 0 Å². The van der Waals surface area contributed by atoms with Crippen LogP contribution in [0.25, 0.3) is 20.8 Å². The summed E-state index contributed by atoms with van der Waals surface area (Å²) in [7, 11) is 0. The minimum atomic E-state index is -0.0859. The highest BCUT2D eigenvalue weighted by atomic mass is 32.2. The topological polar surface area (TPSA) is 79.8 Å². The van der Waals surface area contributed by atoms with E-state index >= 15 is 0 Å². The number of hydrogen-bond acceptors (Lipinski definition) is 8. The summed E-state index contributed by atoms with van der Waals surface area (Å²) < 4.78 is 1.92. The van der Waals surface area contributed by atoms with E-state index in [1.807, 2.05) is 36.4 Å². The lowest BCUT2D eigenvalue weighted by Gasteiger charge is -2.06. The summed E-state index contributed by atoms with van der Waals surface area (Å²) in [5.41, 5.74) is 6.29. The summed E-state index contributed by atoms with van der Waals surface area (Å²) in [6, 6.07) is 22.4. The number of nitrogens with zero attached hydrogens (tertiary/aromatic N) is 3. The van der Waals surface area contributed by atoms with Gasteiger partial charge in [0, 0.05) is 16.9 Å². The molecule has 0 fully saturated rings. The standard InChI is InChI=1S/C27H25N5OS3/c1-16(2)18-5-9-21(10-6-18)29-26-31-32-27(36-26)34-15-24(33)28-20-11-7-19(8-12-20)25-30-22-13-4-17(3)14-23(22)35-25/h4-14,16H,15H2,1-3H3,(H,28,33)(H,29,31). The van der Waals surface area contributed by atoms with Gasteiger partial charge in [0.25, 0.3) is 0 Å². The van der Waals surface area contributed by atoms with Crippen molar-refractivity contribution in [1.29, 1.82) is 0 Å². The van der Waals surface area contributed by atoms with Crippen LogP contribution in [0.4, 0.5) is 16.5 Å². The molecule has 1 amide bonds. The molecule has 0 unspecified atom stereocenters. The first-order chi connectivity index (χ1) is 17.4. The van der Waals surface area contributed by atoms with Gasteiger partial charge < -0.3 is 10.6 Å². The summed E-state index contributed by atoms with van der Waals surface area (Å²) in [6.45, 7) is 6.43. The Morgan fingerprint density at radius 2 is 1.69 bits per heavy atom. The van der Waals surface area contributed by atoms with E-state index in [1.54, 1.807) is 11.3 Å². The van der Waals surface area contributed by atoms with Gasteiger partial charge in [0.05, 0.1) is 16.0 Å². The Morgan fingerprint density at radius 1 is 0.944 bits per heavy atom. The van der Waals surface area contributed by atoms with E-state index < -0.39 is 0 Å². The molecule has 182 valence electrons. The van der Waals surface area contributed by atoms with E-state index in [-0.39, 0.29) is 11.7 Å². The van der Waals surface area contributed by atoms with Crippen LogP contribution in [-0.4, -0.2) is 26.8 Å². The van der Waals surface area contributed by atoms with Crippen molar-refractivity contribution in [2.45, 2.75) is 31.0 Å². The number of carbonyl (C=O) groups excluding carboxylic acids is 1. The minimum absolute atomic E-state index is 0.0859. The lowest BCUT2D eigenvalue weighted by atomic mass is 10.0. The molecule has 0 bridgehead atoms. The van der Waals surface area contributed by atoms with Crippen LogP contribution in [0.5, 0.6) is 0 Å². The first kappa shape index (κ1) is 24.4. The smallest absolute Gasteiger partial charge is 0.234 e. The van der Waals surface area contributed by atoms with Gasteiger partial charge in [0.15, 0.2) is 4.34 Å². The largest absolute Gasteiger partial charge is 0.330 e. The maximum Gasteiger partial charge on any atom is 0.234 e. The van der Waals surface area contributed by atoms with Crippen molar-refractivity contribution < 1.29 is 4.79 Å². The Morgan fingerprint density at radius 3 is 2.44 bits per heavy atom. The number of nitrogens with one attached hydrogen (secondary N) is 2.